The van der Waals surface area contributed by atoms with Crippen molar-refractivity contribution in [3.63, 3.8) is 0 Å². The molecule has 68 valence electrons. The van der Waals surface area contributed by atoms with Gasteiger partial charge in [0.2, 0.25) is 0 Å². The Kier molecular flexibility index (Phi) is 14.4. The van der Waals surface area contributed by atoms with Crippen LogP contribution in [-0.2, 0) is 9.53 Å². The molecule has 0 rings (SSSR count). The summed E-state index contributed by atoms with van der Waals surface area (Å²) in [5, 5.41) is 2.86. The molecule has 11 heavy (non-hydrogen) atoms. The lowest BCUT2D eigenvalue weighted by atomic mass is 10.4. The second-order valence-electron chi connectivity index (χ2n) is 1.66. The van der Waals surface area contributed by atoms with Crippen LogP contribution >= 0.6 is 0 Å². The number of hydrogen-bond donors (Lipinski definition) is 1. The van der Waals surface area contributed by atoms with Crippen LogP contribution in [0.25, 0.3) is 0 Å². The Balaban J connectivity index is 0. The lowest BCUT2D eigenvalue weighted by molar-refractivity contribution is -0.142. The first-order valence-corrected chi connectivity index (χ1v) is 4.11. The molecule has 0 amide bonds. The second-order valence-corrected chi connectivity index (χ2v) is 1.66. The molecule has 3 nitrogen and oxygen atoms in total. The van der Waals surface area contributed by atoms with Gasteiger partial charge in [-0.25, -0.2) is 0 Å². The van der Waals surface area contributed by atoms with Crippen molar-refractivity contribution in [3.05, 3.63) is 0 Å². The van der Waals surface area contributed by atoms with Gasteiger partial charge >= 0.3 is 5.97 Å². The highest BCUT2D eigenvalue weighted by Crippen LogP contribution is 1.82. The average Bonchev–Trinajstić information content (AvgIpc) is 2.05. The van der Waals surface area contributed by atoms with Gasteiger partial charge in [0.1, 0.15) is 0 Å². The molecule has 0 aromatic rings. The van der Waals surface area contributed by atoms with Crippen LogP contribution in [0.3, 0.4) is 0 Å². The standard InChI is InChI=1S/C6H13NO2.C2H6/c1-3-9-6(8)4-5-7-2;1-2/h7H,3-5H2,1-2H3;1-2H3. The van der Waals surface area contributed by atoms with Gasteiger partial charge in [-0.15, -0.1) is 0 Å². The van der Waals surface area contributed by atoms with E-state index in [4.69, 9.17) is 0 Å². The largest absolute Gasteiger partial charge is 0.466 e. The summed E-state index contributed by atoms with van der Waals surface area (Å²) < 4.78 is 4.66. The molecule has 0 bridgehead atoms. The minimum atomic E-state index is -0.133. The third-order valence-electron chi connectivity index (χ3n) is 0.884. The molecule has 3 heteroatoms. The number of nitrogens with one attached hydrogen (secondary N) is 1. The average molecular weight is 161 g/mol. The molecule has 0 aromatic carbocycles. The van der Waals surface area contributed by atoms with Crippen LogP contribution in [0.5, 0.6) is 0 Å². The van der Waals surface area contributed by atoms with E-state index < -0.39 is 0 Å². The van der Waals surface area contributed by atoms with Gasteiger partial charge < -0.3 is 10.1 Å². The van der Waals surface area contributed by atoms with E-state index in [1.165, 1.54) is 0 Å². The molecule has 0 radical (unpaired) electrons. The summed E-state index contributed by atoms with van der Waals surface area (Å²) in [5.74, 6) is -0.133. The maximum Gasteiger partial charge on any atom is 0.307 e. The third-order valence-corrected chi connectivity index (χ3v) is 0.884. The van der Waals surface area contributed by atoms with Crippen LogP contribution < -0.4 is 5.32 Å². The van der Waals surface area contributed by atoms with Crippen molar-refractivity contribution in [2.24, 2.45) is 0 Å². The van der Waals surface area contributed by atoms with Gasteiger partial charge in [-0.1, -0.05) is 13.8 Å². The maximum absolute atomic E-state index is 10.5. The van der Waals surface area contributed by atoms with E-state index in [0.29, 0.717) is 19.6 Å². The summed E-state index contributed by atoms with van der Waals surface area (Å²) in [5.41, 5.74) is 0. The zero-order chi connectivity index (χ0) is 9.11. The Morgan fingerprint density at radius 2 is 2.00 bits per heavy atom. The van der Waals surface area contributed by atoms with Gasteiger partial charge in [0.15, 0.2) is 0 Å². The Morgan fingerprint density at radius 1 is 1.45 bits per heavy atom. The first-order chi connectivity index (χ1) is 5.31. The number of esters is 1. The molecule has 0 spiro atoms. The van der Waals surface area contributed by atoms with Crippen LogP contribution in [-0.4, -0.2) is 26.2 Å². The van der Waals surface area contributed by atoms with Crippen LogP contribution in [0.15, 0.2) is 0 Å². The maximum atomic E-state index is 10.5. The number of rotatable bonds is 4. The van der Waals surface area contributed by atoms with Gasteiger partial charge in [0.05, 0.1) is 13.0 Å². The molecule has 0 saturated heterocycles. The van der Waals surface area contributed by atoms with E-state index in [2.05, 4.69) is 10.1 Å². The van der Waals surface area contributed by atoms with E-state index in [9.17, 15) is 4.79 Å². The van der Waals surface area contributed by atoms with Crippen LogP contribution in [0.1, 0.15) is 27.2 Å². The summed E-state index contributed by atoms with van der Waals surface area (Å²) in [4.78, 5) is 10.5. The molecular weight excluding hydrogens is 142 g/mol. The van der Waals surface area contributed by atoms with Crippen molar-refractivity contribution in [1.29, 1.82) is 0 Å². The lowest BCUT2D eigenvalue weighted by Crippen LogP contribution is -2.14. The Labute approximate surface area is 69.1 Å². The molecular formula is C8H19NO2. The fourth-order valence-corrected chi connectivity index (χ4v) is 0.460. The first-order valence-electron chi connectivity index (χ1n) is 4.11. The van der Waals surface area contributed by atoms with Gasteiger partial charge in [0.25, 0.3) is 0 Å². The quantitative estimate of drug-likeness (QED) is 0.629. The number of carbonyl (C=O) groups is 1. The first kappa shape index (κ1) is 13.1. The summed E-state index contributed by atoms with van der Waals surface area (Å²) >= 11 is 0. The van der Waals surface area contributed by atoms with E-state index in [-0.39, 0.29) is 5.97 Å². The van der Waals surface area contributed by atoms with Crippen molar-refractivity contribution in [1.82, 2.24) is 5.32 Å². The van der Waals surface area contributed by atoms with Gasteiger partial charge in [-0.05, 0) is 14.0 Å². The summed E-state index contributed by atoms with van der Waals surface area (Å²) in [6, 6.07) is 0. The SMILES string of the molecule is CC.CCOC(=O)CCNC. The number of hydrogen-bond acceptors (Lipinski definition) is 3. The van der Waals surface area contributed by atoms with Gasteiger partial charge in [0, 0.05) is 6.54 Å². The summed E-state index contributed by atoms with van der Waals surface area (Å²) in [6.07, 6.45) is 0.463. The molecule has 0 aromatic heterocycles. The molecule has 0 heterocycles. The van der Waals surface area contributed by atoms with Crippen LogP contribution in [0.4, 0.5) is 0 Å². The van der Waals surface area contributed by atoms with Crippen LogP contribution in [0, 0.1) is 0 Å². The fraction of sp³-hybridized carbons (Fsp3) is 0.875. The molecule has 0 unspecified atom stereocenters. The predicted octanol–water partition coefficient (Wildman–Crippen LogP) is 1.19. The van der Waals surface area contributed by atoms with Gasteiger partial charge in [-0.3, -0.25) is 4.79 Å². The predicted molar refractivity (Wildman–Crippen MR) is 46.5 cm³/mol. The minimum absolute atomic E-state index is 0.133. The zero-order valence-electron chi connectivity index (χ0n) is 7.94. The summed E-state index contributed by atoms with van der Waals surface area (Å²) in [6.45, 7) is 6.97. The summed E-state index contributed by atoms with van der Waals surface area (Å²) in [7, 11) is 1.80. The number of carbonyl (C=O) groups excluding carboxylic acids is 1. The molecule has 1 N–H and O–H groups in total. The van der Waals surface area contributed by atoms with Gasteiger partial charge in [-0.2, -0.15) is 0 Å². The van der Waals surface area contributed by atoms with Crippen molar-refractivity contribution in [2.75, 3.05) is 20.2 Å². The smallest absolute Gasteiger partial charge is 0.307 e. The highest BCUT2D eigenvalue weighted by molar-refractivity contribution is 5.69. The van der Waals surface area contributed by atoms with E-state index in [0.717, 1.165) is 0 Å². The molecule has 0 aliphatic heterocycles. The monoisotopic (exact) mass is 161 g/mol. The topological polar surface area (TPSA) is 38.3 Å². The van der Waals surface area contributed by atoms with Crippen molar-refractivity contribution >= 4 is 5.97 Å². The van der Waals surface area contributed by atoms with E-state index in [1.54, 1.807) is 14.0 Å². The molecule has 0 saturated carbocycles. The number of ether oxygens (including phenoxy) is 1. The van der Waals surface area contributed by atoms with Crippen LogP contribution in [0.2, 0.25) is 0 Å². The zero-order valence-corrected chi connectivity index (χ0v) is 7.94. The Morgan fingerprint density at radius 3 is 2.36 bits per heavy atom. The van der Waals surface area contributed by atoms with Crippen molar-refractivity contribution < 1.29 is 9.53 Å². The highest BCUT2D eigenvalue weighted by Gasteiger charge is 1.97. The Hall–Kier alpha value is -0.570. The van der Waals surface area contributed by atoms with Crippen molar-refractivity contribution in [2.45, 2.75) is 27.2 Å². The Bertz CT molecular complexity index is 84.2. The molecule has 0 fully saturated rings. The second kappa shape index (κ2) is 12.1. The highest BCUT2D eigenvalue weighted by atomic mass is 16.5. The molecule has 0 aliphatic carbocycles. The molecule has 0 aliphatic rings. The van der Waals surface area contributed by atoms with Crippen molar-refractivity contribution in [3.8, 4) is 0 Å². The lowest BCUT2D eigenvalue weighted by Gasteiger charge is -1.98. The third kappa shape index (κ3) is 12.6. The minimum Gasteiger partial charge on any atom is -0.466 e. The van der Waals surface area contributed by atoms with E-state index in [1.807, 2.05) is 13.8 Å². The molecule has 0 atom stereocenters. The normalized spacial score (nSPS) is 8.00. The van der Waals surface area contributed by atoms with E-state index >= 15 is 0 Å². The fourth-order valence-electron chi connectivity index (χ4n) is 0.460.